The van der Waals surface area contributed by atoms with E-state index in [1.807, 2.05) is 20.8 Å². The molecular formula is C7H16O2P. The summed E-state index contributed by atoms with van der Waals surface area (Å²) >= 11 is 0. The number of hydrogen-bond donors (Lipinski definition) is 0. The van der Waals surface area contributed by atoms with E-state index in [1.54, 1.807) is 0 Å². The predicted octanol–water partition coefficient (Wildman–Crippen LogP) is 1.87. The minimum absolute atomic E-state index is 0.0243. The van der Waals surface area contributed by atoms with Gasteiger partial charge in [0.2, 0.25) is 0 Å². The number of ether oxygens (including phenoxy) is 1. The van der Waals surface area contributed by atoms with Crippen molar-refractivity contribution in [2.75, 3.05) is 19.1 Å². The molecule has 3 heteroatoms. The zero-order valence-electron chi connectivity index (χ0n) is 6.94. The molecule has 0 N–H and O–H groups in total. The van der Waals surface area contributed by atoms with Gasteiger partial charge in [0, 0.05) is 0 Å². The van der Waals surface area contributed by atoms with Crippen LogP contribution >= 0.6 is 7.49 Å². The van der Waals surface area contributed by atoms with Crippen LogP contribution < -0.4 is 0 Å². The first-order valence-corrected chi connectivity index (χ1v) is 6.06. The Morgan fingerprint density at radius 1 is 1.40 bits per heavy atom. The quantitative estimate of drug-likeness (QED) is 0.501. The van der Waals surface area contributed by atoms with E-state index in [1.165, 1.54) is 0 Å². The van der Waals surface area contributed by atoms with E-state index in [-0.39, 0.29) is 5.16 Å². The van der Waals surface area contributed by atoms with Gasteiger partial charge < -0.3 is 0 Å². The Morgan fingerprint density at radius 3 is 2.20 bits per heavy atom. The van der Waals surface area contributed by atoms with E-state index in [9.17, 15) is 4.89 Å². The summed E-state index contributed by atoms with van der Waals surface area (Å²) in [6.07, 6.45) is 1.33. The third-order valence-corrected chi connectivity index (χ3v) is 6.77. The van der Waals surface area contributed by atoms with E-state index in [0.29, 0.717) is 13.0 Å². The Hall–Kier alpha value is 0.350. The van der Waals surface area contributed by atoms with Crippen molar-refractivity contribution in [3.63, 3.8) is 0 Å². The second-order valence-corrected chi connectivity index (χ2v) is 8.32. The summed E-state index contributed by atoms with van der Waals surface area (Å²) in [5.41, 5.74) is 0. The standard InChI is InChI=1S/C7H16O2P/c1-7(2,3)10(8)5-4-9-6-10/h10H,4-6H2,1-3H3. The van der Waals surface area contributed by atoms with Crippen molar-refractivity contribution in [3.05, 3.63) is 0 Å². The van der Waals surface area contributed by atoms with Gasteiger partial charge in [-0.25, -0.2) is 0 Å². The maximum absolute atomic E-state index is 11.9. The molecule has 1 saturated heterocycles. The van der Waals surface area contributed by atoms with Gasteiger partial charge in [0.05, 0.1) is 0 Å². The first-order valence-electron chi connectivity index (χ1n) is 3.74. The van der Waals surface area contributed by atoms with Gasteiger partial charge in [-0.3, -0.25) is 0 Å². The number of hydrogen-bond acceptors (Lipinski definition) is 1. The molecule has 0 aliphatic carbocycles. The van der Waals surface area contributed by atoms with Crippen LogP contribution in [0.1, 0.15) is 20.8 Å². The van der Waals surface area contributed by atoms with Gasteiger partial charge in [-0.1, -0.05) is 0 Å². The Balaban J connectivity index is 2.67. The Morgan fingerprint density at radius 2 is 2.00 bits per heavy atom. The molecular weight excluding hydrogens is 147 g/mol. The molecule has 10 heavy (non-hydrogen) atoms. The van der Waals surface area contributed by atoms with Gasteiger partial charge in [-0.2, -0.15) is 0 Å². The molecule has 2 nitrogen and oxygen atoms in total. The Kier molecular flexibility index (Phi) is 2.06. The van der Waals surface area contributed by atoms with Crippen molar-refractivity contribution in [1.82, 2.24) is 0 Å². The molecule has 0 bridgehead atoms. The second-order valence-electron chi connectivity index (χ2n) is 4.05. The molecule has 0 aromatic carbocycles. The summed E-state index contributed by atoms with van der Waals surface area (Å²) in [6, 6.07) is 0. The van der Waals surface area contributed by atoms with Crippen molar-refractivity contribution in [2.24, 2.45) is 0 Å². The first kappa shape index (κ1) is 8.45. The summed E-state index contributed by atoms with van der Waals surface area (Å²) in [4.78, 5) is 11.9. The molecule has 0 aromatic heterocycles. The third-order valence-electron chi connectivity index (χ3n) is 2.35. The minimum atomic E-state index is -2.26. The molecule has 1 rings (SSSR count). The number of rotatable bonds is 0. The molecule has 0 spiro atoms. The zero-order chi connectivity index (χ0) is 7.83. The van der Waals surface area contributed by atoms with E-state index in [0.717, 1.165) is 6.16 Å². The summed E-state index contributed by atoms with van der Waals surface area (Å²) in [5.74, 6) is 0. The van der Waals surface area contributed by atoms with Crippen molar-refractivity contribution < 1.29 is 9.63 Å². The van der Waals surface area contributed by atoms with E-state index >= 15 is 0 Å². The van der Waals surface area contributed by atoms with E-state index < -0.39 is 7.49 Å². The van der Waals surface area contributed by atoms with E-state index in [4.69, 9.17) is 4.74 Å². The van der Waals surface area contributed by atoms with Crippen LogP contribution in [0.5, 0.6) is 0 Å². The molecule has 1 aliphatic rings. The molecule has 1 heterocycles. The molecule has 1 radical (unpaired) electrons. The van der Waals surface area contributed by atoms with Crippen LogP contribution in [0.2, 0.25) is 0 Å². The van der Waals surface area contributed by atoms with Gasteiger partial charge in [-0.15, -0.1) is 0 Å². The van der Waals surface area contributed by atoms with Crippen LogP contribution in [0.4, 0.5) is 0 Å². The van der Waals surface area contributed by atoms with Gasteiger partial charge in [0.1, 0.15) is 0 Å². The summed E-state index contributed by atoms with van der Waals surface area (Å²) in [6.45, 7) is 6.83. The van der Waals surface area contributed by atoms with Gasteiger partial charge in [0.25, 0.3) is 0 Å². The van der Waals surface area contributed by atoms with Crippen LogP contribution in [0.3, 0.4) is 0 Å². The average molecular weight is 163 g/mol. The zero-order valence-corrected chi connectivity index (χ0v) is 7.94. The van der Waals surface area contributed by atoms with Crippen molar-refractivity contribution in [2.45, 2.75) is 25.9 Å². The summed E-state index contributed by atoms with van der Waals surface area (Å²) < 4.78 is 5.14. The molecule has 61 valence electrons. The molecule has 1 fully saturated rings. The molecule has 0 aromatic rings. The SMILES string of the molecule is CC(C)(C)[PH]1([O])CCOC1. The topological polar surface area (TPSA) is 29.1 Å². The third kappa shape index (κ3) is 1.34. The molecule has 0 saturated carbocycles. The van der Waals surface area contributed by atoms with Crippen molar-refractivity contribution >= 4 is 7.49 Å². The first-order chi connectivity index (χ1) is 4.46. The van der Waals surface area contributed by atoms with Gasteiger partial charge >= 0.3 is 62.2 Å². The van der Waals surface area contributed by atoms with Crippen LogP contribution in [-0.4, -0.2) is 24.3 Å². The van der Waals surface area contributed by atoms with Crippen LogP contribution in [-0.2, 0) is 9.63 Å². The van der Waals surface area contributed by atoms with E-state index in [2.05, 4.69) is 0 Å². The van der Waals surface area contributed by atoms with Crippen molar-refractivity contribution in [1.29, 1.82) is 0 Å². The normalized spacial score (nSPS) is 28.4. The molecule has 0 unspecified atom stereocenters. The van der Waals surface area contributed by atoms with Crippen LogP contribution in [0.15, 0.2) is 0 Å². The molecule has 1 aliphatic heterocycles. The van der Waals surface area contributed by atoms with Crippen molar-refractivity contribution in [3.8, 4) is 0 Å². The molecule has 0 amide bonds. The monoisotopic (exact) mass is 163 g/mol. The fourth-order valence-electron chi connectivity index (χ4n) is 1.14. The summed E-state index contributed by atoms with van der Waals surface area (Å²) in [7, 11) is -2.26. The second kappa shape index (κ2) is 2.44. The predicted molar refractivity (Wildman–Crippen MR) is 44.4 cm³/mol. The van der Waals surface area contributed by atoms with Crippen LogP contribution in [0, 0.1) is 0 Å². The maximum atomic E-state index is 11.9. The van der Waals surface area contributed by atoms with Gasteiger partial charge in [0.15, 0.2) is 0 Å². The Bertz CT molecular complexity index is 122. The fraction of sp³-hybridized carbons (Fsp3) is 1.00. The summed E-state index contributed by atoms with van der Waals surface area (Å²) in [5, 5.41) is -0.0243. The molecule has 0 atom stereocenters. The van der Waals surface area contributed by atoms with Crippen LogP contribution in [0.25, 0.3) is 0 Å². The average Bonchev–Trinajstić information content (AvgIpc) is 2.13. The fourth-order valence-corrected chi connectivity index (χ4v) is 3.41. The van der Waals surface area contributed by atoms with Gasteiger partial charge in [-0.05, 0) is 0 Å². The Labute approximate surface area is 63.0 Å².